The predicted octanol–water partition coefficient (Wildman–Crippen LogP) is 5.10. The summed E-state index contributed by atoms with van der Waals surface area (Å²) in [6, 6.07) is 12.6. The SMILES string of the molecule is CCCOc1ccc(CNc2ccc(C)cc2C)cc1OCC. The van der Waals surface area contributed by atoms with Crippen LogP contribution in [-0.2, 0) is 6.54 Å². The predicted molar refractivity (Wildman–Crippen MR) is 96.6 cm³/mol. The van der Waals surface area contributed by atoms with E-state index < -0.39 is 0 Å². The first-order valence-corrected chi connectivity index (χ1v) is 8.33. The molecule has 0 aliphatic carbocycles. The summed E-state index contributed by atoms with van der Waals surface area (Å²) in [5, 5.41) is 3.49. The van der Waals surface area contributed by atoms with Gasteiger partial charge in [0.05, 0.1) is 13.2 Å². The maximum absolute atomic E-state index is 5.74. The lowest BCUT2D eigenvalue weighted by Gasteiger charge is -2.14. The van der Waals surface area contributed by atoms with E-state index in [0.717, 1.165) is 24.5 Å². The monoisotopic (exact) mass is 313 g/mol. The molecule has 0 saturated heterocycles. The average Bonchev–Trinajstić information content (AvgIpc) is 2.53. The van der Waals surface area contributed by atoms with Gasteiger partial charge in [0, 0.05) is 12.2 Å². The number of rotatable bonds is 8. The summed E-state index contributed by atoms with van der Waals surface area (Å²) < 4.78 is 11.5. The summed E-state index contributed by atoms with van der Waals surface area (Å²) in [5.41, 5.74) is 4.89. The number of hydrogen-bond acceptors (Lipinski definition) is 3. The van der Waals surface area contributed by atoms with Crippen molar-refractivity contribution in [2.24, 2.45) is 0 Å². The van der Waals surface area contributed by atoms with Gasteiger partial charge in [0.1, 0.15) is 0 Å². The Morgan fingerprint density at radius 2 is 1.74 bits per heavy atom. The smallest absolute Gasteiger partial charge is 0.161 e. The largest absolute Gasteiger partial charge is 0.490 e. The molecule has 23 heavy (non-hydrogen) atoms. The summed E-state index contributed by atoms with van der Waals surface area (Å²) in [7, 11) is 0. The Morgan fingerprint density at radius 1 is 0.913 bits per heavy atom. The molecule has 0 spiro atoms. The van der Waals surface area contributed by atoms with Crippen molar-refractivity contribution in [2.45, 2.75) is 40.7 Å². The van der Waals surface area contributed by atoms with Crippen LogP contribution in [0.2, 0.25) is 0 Å². The second-order valence-electron chi connectivity index (χ2n) is 5.73. The minimum Gasteiger partial charge on any atom is -0.490 e. The van der Waals surface area contributed by atoms with Gasteiger partial charge in [-0.15, -0.1) is 0 Å². The molecule has 3 heteroatoms. The number of ether oxygens (including phenoxy) is 2. The highest BCUT2D eigenvalue weighted by Crippen LogP contribution is 2.29. The molecule has 3 nitrogen and oxygen atoms in total. The van der Waals surface area contributed by atoms with Crippen molar-refractivity contribution in [3.63, 3.8) is 0 Å². The normalized spacial score (nSPS) is 10.4. The molecule has 2 aromatic rings. The number of nitrogens with one attached hydrogen (secondary N) is 1. The van der Waals surface area contributed by atoms with Crippen LogP contribution in [-0.4, -0.2) is 13.2 Å². The lowest BCUT2D eigenvalue weighted by Crippen LogP contribution is -2.04. The Hall–Kier alpha value is -2.16. The first-order chi connectivity index (χ1) is 11.1. The van der Waals surface area contributed by atoms with Crippen LogP contribution in [0.1, 0.15) is 37.0 Å². The topological polar surface area (TPSA) is 30.5 Å². The fourth-order valence-corrected chi connectivity index (χ4v) is 2.47. The molecule has 0 bridgehead atoms. The van der Waals surface area contributed by atoms with Crippen LogP contribution in [0.5, 0.6) is 11.5 Å². The van der Waals surface area contributed by atoms with E-state index in [-0.39, 0.29) is 0 Å². The fraction of sp³-hybridized carbons (Fsp3) is 0.400. The number of aryl methyl sites for hydroxylation is 2. The number of anilines is 1. The van der Waals surface area contributed by atoms with Crippen molar-refractivity contribution >= 4 is 5.69 Å². The van der Waals surface area contributed by atoms with Gasteiger partial charge in [-0.3, -0.25) is 0 Å². The minimum absolute atomic E-state index is 0.635. The second-order valence-corrected chi connectivity index (χ2v) is 5.73. The average molecular weight is 313 g/mol. The molecule has 0 fully saturated rings. The van der Waals surface area contributed by atoms with E-state index >= 15 is 0 Å². The van der Waals surface area contributed by atoms with Crippen LogP contribution in [0.15, 0.2) is 36.4 Å². The van der Waals surface area contributed by atoms with Gasteiger partial charge in [-0.05, 0) is 56.5 Å². The van der Waals surface area contributed by atoms with Gasteiger partial charge >= 0.3 is 0 Å². The molecule has 0 atom stereocenters. The van der Waals surface area contributed by atoms with E-state index in [4.69, 9.17) is 9.47 Å². The van der Waals surface area contributed by atoms with Gasteiger partial charge in [0.25, 0.3) is 0 Å². The summed E-state index contributed by atoms with van der Waals surface area (Å²) >= 11 is 0. The third-order valence-electron chi connectivity index (χ3n) is 3.63. The molecule has 0 aliphatic heterocycles. The van der Waals surface area contributed by atoms with Crippen LogP contribution in [0, 0.1) is 13.8 Å². The van der Waals surface area contributed by atoms with Crippen molar-refractivity contribution in [1.29, 1.82) is 0 Å². The highest BCUT2D eigenvalue weighted by Gasteiger charge is 2.07. The first-order valence-electron chi connectivity index (χ1n) is 8.33. The highest BCUT2D eigenvalue weighted by molar-refractivity contribution is 5.53. The third kappa shape index (κ3) is 4.92. The van der Waals surface area contributed by atoms with E-state index in [2.05, 4.69) is 56.4 Å². The second kappa shape index (κ2) is 8.47. The van der Waals surface area contributed by atoms with Crippen molar-refractivity contribution < 1.29 is 9.47 Å². The summed E-state index contributed by atoms with van der Waals surface area (Å²) in [4.78, 5) is 0. The Morgan fingerprint density at radius 3 is 2.43 bits per heavy atom. The number of hydrogen-bond donors (Lipinski definition) is 1. The first kappa shape index (κ1) is 17.2. The zero-order valence-electron chi connectivity index (χ0n) is 14.6. The molecule has 0 radical (unpaired) electrons. The summed E-state index contributed by atoms with van der Waals surface area (Å²) in [6.07, 6.45) is 0.988. The molecule has 0 unspecified atom stereocenters. The van der Waals surface area contributed by atoms with Gasteiger partial charge in [0.15, 0.2) is 11.5 Å². The van der Waals surface area contributed by atoms with Crippen LogP contribution in [0.25, 0.3) is 0 Å². The van der Waals surface area contributed by atoms with Crippen molar-refractivity contribution in [3.05, 3.63) is 53.1 Å². The Balaban J connectivity index is 2.08. The summed E-state index contributed by atoms with van der Waals surface area (Å²) in [6.45, 7) is 10.4. The lowest BCUT2D eigenvalue weighted by molar-refractivity contribution is 0.276. The van der Waals surface area contributed by atoms with Crippen molar-refractivity contribution in [1.82, 2.24) is 0 Å². The molecule has 124 valence electrons. The quantitative estimate of drug-likeness (QED) is 0.735. The van der Waals surface area contributed by atoms with E-state index in [0.29, 0.717) is 13.2 Å². The molecule has 0 amide bonds. The third-order valence-corrected chi connectivity index (χ3v) is 3.63. The minimum atomic E-state index is 0.635. The molecule has 0 saturated carbocycles. The standard InChI is InChI=1S/C20H27NO2/c1-5-11-23-19-10-8-17(13-20(19)22-6-2)14-21-18-9-7-15(3)12-16(18)4/h7-10,12-13,21H,5-6,11,14H2,1-4H3. The summed E-state index contributed by atoms with van der Waals surface area (Å²) in [5.74, 6) is 1.64. The maximum Gasteiger partial charge on any atom is 0.161 e. The van der Waals surface area contributed by atoms with Gasteiger partial charge in [-0.2, -0.15) is 0 Å². The molecular formula is C20H27NO2. The lowest BCUT2D eigenvalue weighted by atomic mass is 10.1. The van der Waals surface area contributed by atoms with E-state index in [1.165, 1.54) is 22.4 Å². The Bertz CT molecular complexity index is 638. The van der Waals surface area contributed by atoms with Gasteiger partial charge < -0.3 is 14.8 Å². The number of benzene rings is 2. The molecular weight excluding hydrogens is 286 g/mol. The van der Waals surface area contributed by atoms with Crippen molar-refractivity contribution in [2.75, 3.05) is 18.5 Å². The molecule has 0 aromatic heterocycles. The van der Waals surface area contributed by atoms with Crippen molar-refractivity contribution in [3.8, 4) is 11.5 Å². The van der Waals surface area contributed by atoms with E-state index in [1.54, 1.807) is 0 Å². The Labute approximate surface area is 139 Å². The van der Waals surface area contributed by atoms with E-state index in [9.17, 15) is 0 Å². The molecule has 0 aliphatic rings. The van der Waals surface area contributed by atoms with Gasteiger partial charge in [-0.25, -0.2) is 0 Å². The Kier molecular flexibility index (Phi) is 6.33. The maximum atomic E-state index is 5.74. The van der Waals surface area contributed by atoms with Crippen LogP contribution >= 0.6 is 0 Å². The van der Waals surface area contributed by atoms with Crippen LogP contribution < -0.4 is 14.8 Å². The van der Waals surface area contributed by atoms with Crippen LogP contribution in [0.3, 0.4) is 0 Å². The van der Waals surface area contributed by atoms with Gasteiger partial charge in [-0.1, -0.05) is 30.7 Å². The molecule has 0 heterocycles. The molecule has 2 aromatic carbocycles. The fourth-order valence-electron chi connectivity index (χ4n) is 2.47. The van der Waals surface area contributed by atoms with Crippen LogP contribution in [0.4, 0.5) is 5.69 Å². The zero-order chi connectivity index (χ0) is 16.7. The van der Waals surface area contributed by atoms with Gasteiger partial charge in [0.2, 0.25) is 0 Å². The highest BCUT2D eigenvalue weighted by atomic mass is 16.5. The van der Waals surface area contributed by atoms with E-state index in [1.807, 2.05) is 13.0 Å². The molecule has 2 rings (SSSR count). The molecule has 1 N–H and O–H groups in total. The zero-order valence-corrected chi connectivity index (χ0v) is 14.6.